The molecule has 1 rings (SSSR count). The van der Waals surface area contributed by atoms with Crippen LogP contribution in [0, 0.1) is 0 Å². The molecule has 0 fully saturated rings. The van der Waals surface area contributed by atoms with Crippen molar-refractivity contribution in [3.63, 3.8) is 0 Å². The number of rotatable bonds is 8. The van der Waals surface area contributed by atoms with Crippen molar-refractivity contribution in [3.05, 3.63) is 28.8 Å². The SMILES string of the molecule is COCCNC(=O)CCNS(=O)(=O)c1ccc(Cl)c(C(F)(F)F)c1. The lowest BCUT2D eigenvalue weighted by molar-refractivity contribution is -0.137. The van der Waals surface area contributed by atoms with Crippen LogP contribution >= 0.6 is 11.6 Å². The Morgan fingerprint density at radius 1 is 1.29 bits per heavy atom. The van der Waals surface area contributed by atoms with Crippen LogP contribution in [-0.2, 0) is 25.7 Å². The van der Waals surface area contributed by atoms with E-state index in [0.717, 1.165) is 12.1 Å². The van der Waals surface area contributed by atoms with Crippen molar-refractivity contribution < 1.29 is 31.1 Å². The number of alkyl halides is 3. The number of sulfonamides is 1. The summed E-state index contributed by atoms with van der Waals surface area (Å²) in [6.45, 7) is 0.321. The van der Waals surface area contributed by atoms with E-state index < -0.39 is 37.6 Å². The zero-order chi connectivity index (χ0) is 18.4. The number of nitrogens with one attached hydrogen (secondary N) is 2. The summed E-state index contributed by atoms with van der Waals surface area (Å²) in [5, 5.41) is 1.88. The second kappa shape index (κ2) is 8.65. The fourth-order valence-electron chi connectivity index (χ4n) is 1.65. The average Bonchev–Trinajstić information content (AvgIpc) is 2.46. The zero-order valence-electron chi connectivity index (χ0n) is 12.6. The number of methoxy groups -OCH3 is 1. The molecule has 6 nitrogen and oxygen atoms in total. The molecule has 0 atom stereocenters. The molecule has 136 valence electrons. The highest BCUT2D eigenvalue weighted by Crippen LogP contribution is 2.35. The Hall–Kier alpha value is -1.36. The van der Waals surface area contributed by atoms with E-state index >= 15 is 0 Å². The van der Waals surface area contributed by atoms with Gasteiger partial charge in [0.25, 0.3) is 0 Å². The van der Waals surface area contributed by atoms with Crippen molar-refractivity contribution in [2.45, 2.75) is 17.5 Å². The molecule has 24 heavy (non-hydrogen) atoms. The fourth-order valence-corrected chi connectivity index (χ4v) is 2.93. The standard InChI is InChI=1S/C13H16ClF3N2O4S/c1-23-7-6-18-12(20)4-5-19-24(21,22)9-2-3-11(14)10(8-9)13(15,16)17/h2-3,8,19H,4-7H2,1H3,(H,18,20). The van der Waals surface area contributed by atoms with E-state index in [-0.39, 0.29) is 19.5 Å². The van der Waals surface area contributed by atoms with Crippen LogP contribution in [0.1, 0.15) is 12.0 Å². The van der Waals surface area contributed by atoms with Crippen LogP contribution in [0.2, 0.25) is 5.02 Å². The van der Waals surface area contributed by atoms with Gasteiger partial charge in [-0.25, -0.2) is 13.1 Å². The molecule has 0 unspecified atom stereocenters. The quantitative estimate of drug-likeness (QED) is 0.665. The Kier molecular flexibility index (Phi) is 7.46. The molecule has 1 aromatic carbocycles. The number of carbonyl (C=O) groups excluding carboxylic acids is 1. The van der Waals surface area contributed by atoms with Crippen molar-refractivity contribution in [1.29, 1.82) is 0 Å². The third-order valence-corrected chi connectivity index (χ3v) is 4.61. The van der Waals surface area contributed by atoms with Gasteiger partial charge in [-0.3, -0.25) is 4.79 Å². The lowest BCUT2D eigenvalue weighted by Crippen LogP contribution is -2.32. The van der Waals surface area contributed by atoms with Crippen molar-refractivity contribution in [1.82, 2.24) is 10.0 Å². The van der Waals surface area contributed by atoms with Gasteiger partial charge in [0, 0.05) is 26.6 Å². The molecular weight excluding hydrogens is 373 g/mol. The van der Waals surface area contributed by atoms with Gasteiger partial charge in [0.15, 0.2) is 0 Å². The first-order valence-corrected chi connectivity index (χ1v) is 8.56. The second-order valence-corrected chi connectivity index (χ2v) is 6.80. The van der Waals surface area contributed by atoms with Crippen LogP contribution in [0.3, 0.4) is 0 Å². The summed E-state index contributed by atoms with van der Waals surface area (Å²) in [4.78, 5) is 10.8. The molecule has 0 aliphatic heterocycles. The molecule has 0 saturated heterocycles. The molecule has 0 radical (unpaired) electrons. The van der Waals surface area contributed by atoms with Crippen molar-refractivity contribution >= 4 is 27.5 Å². The largest absolute Gasteiger partial charge is 0.417 e. The lowest BCUT2D eigenvalue weighted by Gasteiger charge is -2.12. The van der Waals surface area contributed by atoms with Crippen LogP contribution in [0.5, 0.6) is 0 Å². The van der Waals surface area contributed by atoms with E-state index in [1.807, 2.05) is 0 Å². The molecule has 0 aliphatic rings. The topological polar surface area (TPSA) is 84.5 Å². The maximum atomic E-state index is 12.8. The molecule has 0 spiro atoms. The average molecular weight is 389 g/mol. The van der Waals surface area contributed by atoms with Crippen LogP contribution in [0.15, 0.2) is 23.1 Å². The first-order chi connectivity index (χ1) is 11.1. The predicted octanol–water partition coefficient (Wildman–Crippen LogP) is 1.79. The Bertz CT molecular complexity index is 680. The molecular formula is C13H16ClF3N2O4S. The smallest absolute Gasteiger partial charge is 0.383 e. The number of hydrogen-bond donors (Lipinski definition) is 2. The predicted molar refractivity (Wildman–Crippen MR) is 81.1 cm³/mol. The summed E-state index contributed by atoms with van der Waals surface area (Å²) in [6, 6.07) is 2.26. The van der Waals surface area contributed by atoms with Crippen molar-refractivity contribution in [2.75, 3.05) is 26.8 Å². The minimum atomic E-state index is -4.77. The Morgan fingerprint density at radius 2 is 1.96 bits per heavy atom. The first kappa shape index (κ1) is 20.7. The Balaban J connectivity index is 2.71. The maximum absolute atomic E-state index is 12.8. The minimum Gasteiger partial charge on any atom is -0.383 e. The van der Waals surface area contributed by atoms with Gasteiger partial charge in [-0.2, -0.15) is 13.2 Å². The number of carbonyl (C=O) groups is 1. The van der Waals surface area contributed by atoms with Crippen molar-refractivity contribution in [3.8, 4) is 0 Å². The molecule has 0 aliphatic carbocycles. The first-order valence-electron chi connectivity index (χ1n) is 6.70. The molecule has 1 amide bonds. The van der Waals surface area contributed by atoms with Gasteiger partial charge >= 0.3 is 6.18 Å². The van der Waals surface area contributed by atoms with E-state index in [1.54, 1.807) is 0 Å². The molecule has 0 heterocycles. The summed E-state index contributed by atoms with van der Waals surface area (Å²) < 4.78 is 69.1. The number of halogens is 4. The monoisotopic (exact) mass is 388 g/mol. The van der Waals surface area contributed by atoms with Gasteiger partial charge in [-0.05, 0) is 18.2 Å². The highest BCUT2D eigenvalue weighted by Gasteiger charge is 2.34. The molecule has 1 aromatic rings. The van der Waals surface area contributed by atoms with Gasteiger partial charge in [-0.15, -0.1) is 0 Å². The summed E-state index contributed by atoms with van der Waals surface area (Å²) in [6.07, 6.45) is -4.94. The third kappa shape index (κ3) is 6.27. The second-order valence-electron chi connectivity index (χ2n) is 4.63. The van der Waals surface area contributed by atoms with Gasteiger partial charge in [0.05, 0.1) is 22.1 Å². The molecule has 11 heteroatoms. The van der Waals surface area contributed by atoms with Crippen LogP contribution in [-0.4, -0.2) is 41.1 Å². The molecule has 2 N–H and O–H groups in total. The fraction of sp³-hybridized carbons (Fsp3) is 0.462. The lowest BCUT2D eigenvalue weighted by atomic mass is 10.2. The van der Waals surface area contributed by atoms with Crippen molar-refractivity contribution in [2.24, 2.45) is 0 Å². The van der Waals surface area contributed by atoms with E-state index in [2.05, 4.69) is 10.0 Å². The highest BCUT2D eigenvalue weighted by molar-refractivity contribution is 7.89. The summed E-state index contributed by atoms with van der Waals surface area (Å²) in [7, 11) is -2.73. The van der Waals surface area contributed by atoms with Gasteiger partial charge in [0.1, 0.15) is 0 Å². The molecule has 0 bridgehead atoms. The summed E-state index contributed by atoms with van der Waals surface area (Å²) in [5.41, 5.74) is -1.25. The Morgan fingerprint density at radius 3 is 2.54 bits per heavy atom. The summed E-state index contributed by atoms with van der Waals surface area (Å²) >= 11 is 5.44. The summed E-state index contributed by atoms with van der Waals surface area (Å²) in [5.74, 6) is -0.415. The van der Waals surface area contributed by atoms with Crippen LogP contribution in [0.4, 0.5) is 13.2 Å². The maximum Gasteiger partial charge on any atom is 0.417 e. The van der Waals surface area contributed by atoms with Gasteiger partial charge < -0.3 is 10.1 Å². The molecule has 0 saturated carbocycles. The zero-order valence-corrected chi connectivity index (χ0v) is 14.2. The van der Waals surface area contributed by atoms with Gasteiger partial charge in [-0.1, -0.05) is 11.6 Å². The van der Waals surface area contributed by atoms with E-state index in [0.29, 0.717) is 12.7 Å². The van der Waals surface area contributed by atoms with Crippen LogP contribution < -0.4 is 10.0 Å². The Labute approximate surface area is 142 Å². The third-order valence-electron chi connectivity index (χ3n) is 2.83. The number of hydrogen-bond acceptors (Lipinski definition) is 4. The number of ether oxygens (including phenoxy) is 1. The highest BCUT2D eigenvalue weighted by atomic mass is 35.5. The minimum absolute atomic E-state index is 0.164. The molecule has 0 aromatic heterocycles. The van der Waals surface area contributed by atoms with E-state index in [9.17, 15) is 26.4 Å². The van der Waals surface area contributed by atoms with E-state index in [4.69, 9.17) is 16.3 Å². The number of amides is 1. The normalized spacial score (nSPS) is 12.2. The van der Waals surface area contributed by atoms with E-state index in [1.165, 1.54) is 7.11 Å². The van der Waals surface area contributed by atoms with Crippen LogP contribution in [0.25, 0.3) is 0 Å². The van der Waals surface area contributed by atoms with Gasteiger partial charge in [0.2, 0.25) is 15.9 Å². The number of benzene rings is 1.